The summed E-state index contributed by atoms with van der Waals surface area (Å²) in [5.74, 6) is -0.301. The summed E-state index contributed by atoms with van der Waals surface area (Å²) in [7, 11) is 0. The van der Waals surface area contributed by atoms with Crippen molar-refractivity contribution in [3.8, 4) is 0 Å². The monoisotopic (exact) mass is 565 g/mol. The van der Waals surface area contributed by atoms with Gasteiger partial charge in [0.2, 0.25) is 5.91 Å². The summed E-state index contributed by atoms with van der Waals surface area (Å²) >= 11 is 0. The van der Waals surface area contributed by atoms with Gasteiger partial charge in [-0.2, -0.15) is 0 Å². The van der Waals surface area contributed by atoms with Gasteiger partial charge in [0.15, 0.2) is 6.29 Å². The maximum Gasteiger partial charge on any atom is 0.220 e. The van der Waals surface area contributed by atoms with E-state index < -0.39 is 55.6 Å². The van der Waals surface area contributed by atoms with Crippen molar-refractivity contribution >= 4 is 5.91 Å². The Balaban J connectivity index is 1.64. The van der Waals surface area contributed by atoms with Crippen molar-refractivity contribution in [2.45, 2.75) is 133 Å². The van der Waals surface area contributed by atoms with E-state index in [1.165, 1.54) is 0 Å². The van der Waals surface area contributed by atoms with Crippen molar-refractivity contribution in [2.24, 2.45) is 0 Å². The number of hydrogen-bond acceptors (Lipinski definition) is 11. The number of nitrogens with one attached hydrogen (secondary N) is 1. The average molecular weight is 566 g/mol. The van der Waals surface area contributed by atoms with E-state index >= 15 is 0 Å². The fourth-order valence-electron chi connectivity index (χ4n) is 4.78. The molecule has 0 bridgehead atoms. The summed E-state index contributed by atoms with van der Waals surface area (Å²) in [5.41, 5.74) is 0. The van der Waals surface area contributed by atoms with E-state index in [-0.39, 0.29) is 25.4 Å². The molecule has 8 atom stereocenters. The van der Waals surface area contributed by atoms with Crippen LogP contribution in [0.5, 0.6) is 0 Å². The first-order valence-electron chi connectivity index (χ1n) is 14.5. The van der Waals surface area contributed by atoms with Crippen LogP contribution in [0, 0.1) is 0 Å². The van der Waals surface area contributed by atoms with E-state index in [4.69, 9.17) is 18.9 Å². The molecule has 0 aromatic carbocycles. The Bertz CT molecular complexity index is 649. The molecule has 0 aromatic rings. The van der Waals surface area contributed by atoms with Crippen molar-refractivity contribution in [1.82, 2.24) is 5.32 Å². The van der Waals surface area contributed by atoms with Crippen molar-refractivity contribution in [1.29, 1.82) is 0 Å². The third-order valence-corrected chi connectivity index (χ3v) is 7.43. The molecule has 12 nitrogen and oxygen atoms in total. The van der Waals surface area contributed by atoms with E-state index in [9.17, 15) is 35.4 Å². The summed E-state index contributed by atoms with van der Waals surface area (Å²) in [6.07, 6.45) is 0.0881. The van der Waals surface area contributed by atoms with Gasteiger partial charge < -0.3 is 54.9 Å². The van der Waals surface area contributed by atoms with Crippen LogP contribution >= 0.6 is 0 Å². The highest BCUT2D eigenvalue weighted by Gasteiger charge is 2.44. The van der Waals surface area contributed by atoms with Crippen LogP contribution in [0.2, 0.25) is 0 Å². The number of ether oxygens (including phenoxy) is 4. The van der Waals surface area contributed by atoms with Crippen LogP contribution in [0.3, 0.4) is 0 Å². The smallest absolute Gasteiger partial charge is 0.220 e. The zero-order chi connectivity index (χ0) is 28.6. The Morgan fingerprint density at radius 3 is 2.21 bits per heavy atom. The van der Waals surface area contributed by atoms with E-state index in [1.807, 2.05) is 0 Å². The van der Waals surface area contributed by atoms with Gasteiger partial charge in [-0.05, 0) is 32.1 Å². The van der Waals surface area contributed by atoms with Crippen LogP contribution in [-0.4, -0.2) is 125 Å². The van der Waals surface area contributed by atoms with Crippen LogP contribution in [0.4, 0.5) is 0 Å². The topological polar surface area (TPSA) is 187 Å². The fraction of sp³-hybridized carbons (Fsp3) is 0.963. The van der Waals surface area contributed by atoms with Crippen LogP contribution in [0.25, 0.3) is 0 Å². The molecule has 2 saturated heterocycles. The lowest BCUT2D eigenvalue weighted by Crippen LogP contribution is -2.60. The maximum absolute atomic E-state index is 12.5. The van der Waals surface area contributed by atoms with E-state index in [2.05, 4.69) is 5.32 Å². The molecule has 2 aliphatic heterocycles. The molecule has 0 saturated carbocycles. The van der Waals surface area contributed by atoms with Gasteiger partial charge in [-0.3, -0.25) is 4.79 Å². The molecule has 1 amide bonds. The van der Waals surface area contributed by atoms with Gasteiger partial charge in [0, 0.05) is 26.2 Å². The number of aliphatic hydroxyl groups is 6. The lowest BCUT2D eigenvalue weighted by atomic mass is 9.99. The summed E-state index contributed by atoms with van der Waals surface area (Å²) in [6.45, 7) is 3.13. The summed E-state index contributed by atoms with van der Waals surface area (Å²) in [5, 5.41) is 62.7. The standard InChI is InChI=1S/C27H51NO11/c1-2-20(30)23(32)19(17-38-27-26(35)25(34)24(33)21(16-29)39-27)28-22(31)10-8-6-4-3-5-7-9-13-37-18-11-14-36-15-12-18/h18-21,23-27,29-30,32-35H,2-17H2,1H3,(H,28,31)/t19-,20+,21?,23-,24?,25?,26?,27?/m0/s1. The lowest BCUT2D eigenvalue weighted by molar-refractivity contribution is -0.303. The number of unbranched alkanes of at least 4 members (excludes halogenated alkanes) is 6. The Morgan fingerprint density at radius 1 is 0.923 bits per heavy atom. The second kappa shape index (κ2) is 19.2. The number of carbonyl (C=O) groups excluding carboxylic acids is 1. The molecular formula is C27H51NO11. The van der Waals surface area contributed by atoms with Gasteiger partial charge in [-0.15, -0.1) is 0 Å². The third-order valence-electron chi connectivity index (χ3n) is 7.43. The predicted molar refractivity (Wildman–Crippen MR) is 141 cm³/mol. The molecule has 2 aliphatic rings. The molecule has 0 aliphatic carbocycles. The molecule has 2 fully saturated rings. The molecule has 2 heterocycles. The average Bonchev–Trinajstić information content (AvgIpc) is 2.95. The number of aliphatic hydroxyl groups excluding tert-OH is 6. The molecule has 2 rings (SSSR count). The highest BCUT2D eigenvalue weighted by Crippen LogP contribution is 2.22. The van der Waals surface area contributed by atoms with E-state index in [0.29, 0.717) is 12.5 Å². The second-order valence-electron chi connectivity index (χ2n) is 10.6. The van der Waals surface area contributed by atoms with Crippen molar-refractivity contribution in [3.63, 3.8) is 0 Å². The van der Waals surface area contributed by atoms with Crippen LogP contribution < -0.4 is 5.32 Å². The zero-order valence-electron chi connectivity index (χ0n) is 23.2. The highest BCUT2D eigenvalue weighted by molar-refractivity contribution is 5.76. The summed E-state index contributed by atoms with van der Waals surface area (Å²) < 4.78 is 22.0. The first-order valence-corrected chi connectivity index (χ1v) is 14.5. The number of rotatable bonds is 19. The fourth-order valence-corrected chi connectivity index (χ4v) is 4.78. The molecular weight excluding hydrogens is 514 g/mol. The Kier molecular flexibility index (Phi) is 16.9. The minimum Gasteiger partial charge on any atom is -0.394 e. The highest BCUT2D eigenvalue weighted by atomic mass is 16.7. The summed E-state index contributed by atoms with van der Waals surface area (Å²) in [4.78, 5) is 12.5. The minimum atomic E-state index is -1.61. The molecule has 39 heavy (non-hydrogen) atoms. The lowest BCUT2D eigenvalue weighted by Gasteiger charge is -2.40. The number of amides is 1. The Morgan fingerprint density at radius 2 is 1.56 bits per heavy atom. The molecule has 12 heteroatoms. The van der Waals surface area contributed by atoms with Gasteiger partial charge >= 0.3 is 0 Å². The number of carbonyl (C=O) groups is 1. The third kappa shape index (κ3) is 12.2. The molecule has 7 N–H and O–H groups in total. The summed E-state index contributed by atoms with van der Waals surface area (Å²) in [6, 6.07) is -0.997. The van der Waals surface area contributed by atoms with Gasteiger partial charge in [-0.25, -0.2) is 0 Å². The quantitative estimate of drug-likeness (QED) is 0.102. The van der Waals surface area contributed by atoms with E-state index in [0.717, 1.165) is 71.2 Å². The Hall–Kier alpha value is -0.930. The molecule has 0 spiro atoms. The van der Waals surface area contributed by atoms with Gasteiger partial charge in [0.1, 0.15) is 30.5 Å². The van der Waals surface area contributed by atoms with E-state index in [1.54, 1.807) is 6.92 Å². The van der Waals surface area contributed by atoms with Crippen LogP contribution in [0.1, 0.15) is 77.6 Å². The number of hydrogen-bond donors (Lipinski definition) is 7. The minimum absolute atomic E-state index is 0.245. The van der Waals surface area contributed by atoms with Crippen molar-refractivity contribution in [3.05, 3.63) is 0 Å². The molecule has 0 radical (unpaired) electrons. The molecule has 230 valence electrons. The van der Waals surface area contributed by atoms with Crippen molar-refractivity contribution < 1.29 is 54.4 Å². The normalized spacial score (nSPS) is 28.6. The van der Waals surface area contributed by atoms with Gasteiger partial charge in [-0.1, -0.05) is 39.0 Å². The Labute approximate surface area is 231 Å². The predicted octanol–water partition coefficient (Wildman–Crippen LogP) is -0.264. The SMILES string of the molecule is CC[C@@H](O)[C@@H](O)[C@H](COC1OC(CO)C(O)C(O)C1O)NC(=O)CCCCCCCCCOC1CCOCC1. The second-order valence-corrected chi connectivity index (χ2v) is 10.6. The maximum atomic E-state index is 12.5. The van der Waals surface area contributed by atoms with Gasteiger partial charge in [0.25, 0.3) is 0 Å². The first kappa shape index (κ1) is 34.3. The van der Waals surface area contributed by atoms with Gasteiger partial charge in [0.05, 0.1) is 31.5 Å². The molecule has 5 unspecified atom stereocenters. The van der Waals surface area contributed by atoms with Crippen molar-refractivity contribution in [2.75, 3.05) is 33.0 Å². The van der Waals surface area contributed by atoms with Crippen LogP contribution in [0.15, 0.2) is 0 Å². The van der Waals surface area contributed by atoms with Crippen LogP contribution in [-0.2, 0) is 23.7 Å². The largest absolute Gasteiger partial charge is 0.394 e. The molecule has 0 aromatic heterocycles. The first-order chi connectivity index (χ1) is 18.8. The zero-order valence-corrected chi connectivity index (χ0v) is 23.2.